The van der Waals surface area contributed by atoms with E-state index in [0.717, 1.165) is 42.2 Å². The maximum absolute atomic E-state index is 12.7. The van der Waals surface area contributed by atoms with E-state index < -0.39 is 6.04 Å². The van der Waals surface area contributed by atoms with E-state index in [1.165, 1.54) is 5.56 Å². The molecule has 0 aliphatic carbocycles. The number of thiazole rings is 1. The number of aromatic nitrogens is 1. The van der Waals surface area contributed by atoms with Gasteiger partial charge in [-0.25, -0.2) is 4.98 Å². The molecule has 0 spiro atoms. The highest BCUT2D eigenvalue weighted by atomic mass is 32.1. The van der Waals surface area contributed by atoms with Crippen LogP contribution in [0.15, 0.2) is 29.6 Å². The molecule has 0 radical (unpaired) electrons. The fourth-order valence-corrected chi connectivity index (χ4v) is 3.98. The third-order valence-corrected chi connectivity index (χ3v) is 5.55. The number of nitrogens with zero attached hydrogens (tertiary/aromatic N) is 2. The van der Waals surface area contributed by atoms with Gasteiger partial charge in [-0.05, 0) is 32.3 Å². The quantitative estimate of drug-likeness (QED) is 0.941. The molecule has 0 bridgehead atoms. The second-order valence-corrected chi connectivity index (χ2v) is 7.23. The lowest BCUT2D eigenvalue weighted by Crippen LogP contribution is -2.43. The zero-order valence-electron chi connectivity index (χ0n) is 13.7. The highest BCUT2D eigenvalue weighted by molar-refractivity contribution is 7.09. The summed E-state index contributed by atoms with van der Waals surface area (Å²) < 4.78 is 0. The second kappa shape index (κ2) is 6.81. The van der Waals surface area contributed by atoms with Crippen molar-refractivity contribution in [1.82, 2.24) is 9.88 Å². The summed E-state index contributed by atoms with van der Waals surface area (Å²) in [4.78, 5) is 19.3. The van der Waals surface area contributed by atoms with Gasteiger partial charge in [0.1, 0.15) is 6.04 Å². The van der Waals surface area contributed by atoms with Gasteiger partial charge < -0.3 is 10.6 Å². The lowest BCUT2D eigenvalue weighted by molar-refractivity contribution is -0.134. The first kappa shape index (κ1) is 16.1. The molecule has 1 fully saturated rings. The van der Waals surface area contributed by atoms with Crippen molar-refractivity contribution in [2.45, 2.75) is 38.6 Å². The van der Waals surface area contributed by atoms with Gasteiger partial charge >= 0.3 is 0 Å². The van der Waals surface area contributed by atoms with E-state index in [1.807, 2.05) is 43.0 Å². The van der Waals surface area contributed by atoms with Crippen LogP contribution in [0.2, 0.25) is 0 Å². The van der Waals surface area contributed by atoms with Crippen LogP contribution >= 0.6 is 11.3 Å². The van der Waals surface area contributed by atoms with Crippen LogP contribution in [-0.2, 0) is 4.79 Å². The van der Waals surface area contributed by atoms with Gasteiger partial charge in [-0.2, -0.15) is 0 Å². The van der Waals surface area contributed by atoms with Crippen molar-refractivity contribution in [3.8, 4) is 0 Å². The van der Waals surface area contributed by atoms with E-state index in [1.54, 1.807) is 11.3 Å². The summed E-state index contributed by atoms with van der Waals surface area (Å²) in [7, 11) is 0. The Morgan fingerprint density at radius 1 is 1.35 bits per heavy atom. The Morgan fingerprint density at radius 3 is 2.74 bits per heavy atom. The molecule has 1 aromatic heterocycles. The molecule has 4 nitrogen and oxygen atoms in total. The topological polar surface area (TPSA) is 59.2 Å². The number of aryl methyl sites for hydroxylation is 2. The van der Waals surface area contributed by atoms with Crippen molar-refractivity contribution in [3.05, 3.63) is 51.5 Å². The smallest absolute Gasteiger partial charge is 0.244 e. The lowest BCUT2D eigenvalue weighted by Gasteiger charge is -2.33. The molecule has 1 amide bonds. The molecule has 2 N–H and O–H groups in total. The zero-order chi connectivity index (χ0) is 16.4. The van der Waals surface area contributed by atoms with Crippen molar-refractivity contribution in [1.29, 1.82) is 0 Å². The molecule has 1 saturated heterocycles. The summed E-state index contributed by atoms with van der Waals surface area (Å²) in [5.74, 6) is 0.364. The van der Waals surface area contributed by atoms with E-state index in [4.69, 9.17) is 5.73 Å². The highest BCUT2D eigenvalue weighted by Crippen LogP contribution is 2.30. The van der Waals surface area contributed by atoms with Crippen molar-refractivity contribution in [2.75, 3.05) is 13.1 Å². The number of nitrogens with two attached hydrogens (primary N) is 1. The van der Waals surface area contributed by atoms with Gasteiger partial charge in [0, 0.05) is 30.1 Å². The van der Waals surface area contributed by atoms with Gasteiger partial charge in [0.2, 0.25) is 5.91 Å². The van der Waals surface area contributed by atoms with Gasteiger partial charge in [-0.1, -0.05) is 29.8 Å². The van der Waals surface area contributed by atoms with Crippen molar-refractivity contribution < 1.29 is 4.79 Å². The van der Waals surface area contributed by atoms with Crippen LogP contribution in [-0.4, -0.2) is 28.9 Å². The Hall–Kier alpha value is -1.72. The van der Waals surface area contributed by atoms with Crippen molar-refractivity contribution >= 4 is 17.2 Å². The number of benzene rings is 1. The average Bonchev–Trinajstić information content (AvgIpc) is 3.01. The van der Waals surface area contributed by atoms with Gasteiger partial charge in [0.05, 0.1) is 5.01 Å². The molecule has 0 saturated carbocycles. The normalized spacial score (nSPS) is 19.6. The minimum Gasteiger partial charge on any atom is -0.340 e. The summed E-state index contributed by atoms with van der Waals surface area (Å²) in [6.45, 7) is 5.56. The van der Waals surface area contributed by atoms with Gasteiger partial charge in [-0.15, -0.1) is 11.3 Å². The lowest BCUT2D eigenvalue weighted by atomic mass is 9.97. The SMILES string of the molecule is Cc1ccc(C(N)C(=O)N2CCCC(c3nc(C)cs3)C2)cc1. The fraction of sp³-hybridized carbons (Fsp3) is 0.444. The number of hydrogen-bond acceptors (Lipinski definition) is 4. The molecule has 2 aromatic rings. The molecule has 23 heavy (non-hydrogen) atoms. The number of rotatable bonds is 3. The van der Waals surface area contributed by atoms with Crippen LogP contribution in [0.1, 0.15) is 46.6 Å². The summed E-state index contributed by atoms with van der Waals surface area (Å²) in [5, 5.41) is 3.22. The number of carbonyl (C=O) groups excluding carboxylic acids is 1. The monoisotopic (exact) mass is 329 g/mol. The molecule has 1 aliphatic heterocycles. The molecule has 2 unspecified atom stereocenters. The number of amides is 1. The third kappa shape index (κ3) is 3.62. The second-order valence-electron chi connectivity index (χ2n) is 6.34. The molecule has 122 valence electrons. The van der Waals surface area contributed by atoms with E-state index in [-0.39, 0.29) is 5.91 Å². The molecule has 2 atom stereocenters. The summed E-state index contributed by atoms with van der Waals surface area (Å²) in [6.07, 6.45) is 2.10. The molecule has 1 aromatic carbocycles. The van der Waals surface area contributed by atoms with E-state index in [9.17, 15) is 4.79 Å². The van der Waals surface area contributed by atoms with Gasteiger partial charge in [-0.3, -0.25) is 4.79 Å². The average molecular weight is 329 g/mol. The van der Waals surface area contributed by atoms with Gasteiger partial charge in [0.25, 0.3) is 0 Å². The van der Waals surface area contributed by atoms with E-state index in [2.05, 4.69) is 10.4 Å². The van der Waals surface area contributed by atoms with Crippen molar-refractivity contribution in [3.63, 3.8) is 0 Å². The van der Waals surface area contributed by atoms with Crippen LogP contribution in [0.3, 0.4) is 0 Å². The number of hydrogen-bond donors (Lipinski definition) is 1. The maximum atomic E-state index is 12.7. The largest absolute Gasteiger partial charge is 0.340 e. The van der Waals surface area contributed by atoms with Crippen LogP contribution in [0, 0.1) is 13.8 Å². The van der Waals surface area contributed by atoms with E-state index in [0.29, 0.717) is 5.92 Å². The molecule has 1 aliphatic rings. The molecule has 2 heterocycles. The Balaban J connectivity index is 1.70. The number of likely N-dealkylation sites (tertiary alicyclic amines) is 1. The molecular weight excluding hydrogens is 306 g/mol. The van der Waals surface area contributed by atoms with Gasteiger partial charge in [0.15, 0.2) is 0 Å². The maximum Gasteiger partial charge on any atom is 0.244 e. The molecule has 5 heteroatoms. The Morgan fingerprint density at radius 2 is 2.09 bits per heavy atom. The third-order valence-electron chi connectivity index (χ3n) is 4.42. The van der Waals surface area contributed by atoms with Crippen molar-refractivity contribution in [2.24, 2.45) is 5.73 Å². The first-order valence-corrected chi connectivity index (χ1v) is 8.95. The first-order valence-electron chi connectivity index (χ1n) is 8.07. The molecular formula is C18H23N3OS. The fourth-order valence-electron chi connectivity index (χ4n) is 3.05. The van der Waals surface area contributed by atoms with Crippen LogP contribution in [0.5, 0.6) is 0 Å². The predicted octanol–water partition coefficient (Wildman–Crippen LogP) is 3.17. The Bertz CT molecular complexity index is 680. The summed E-state index contributed by atoms with van der Waals surface area (Å²) in [6, 6.07) is 7.32. The molecule has 3 rings (SSSR count). The van der Waals surface area contributed by atoms with Crippen LogP contribution < -0.4 is 5.73 Å². The number of piperidine rings is 1. The summed E-state index contributed by atoms with van der Waals surface area (Å²) in [5.41, 5.74) is 9.32. The van der Waals surface area contributed by atoms with Crippen LogP contribution in [0.25, 0.3) is 0 Å². The number of carbonyl (C=O) groups is 1. The summed E-state index contributed by atoms with van der Waals surface area (Å²) >= 11 is 1.70. The Kier molecular flexibility index (Phi) is 4.78. The van der Waals surface area contributed by atoms with E-state index >= 15 is 0 Å². The first-order chi connectivity index (χ1) is 11.0. The highest BCUT2D eigenvalue weighted by Gasteiger charge is 2.29. The minimum absolute atomic E-state index is 0.0202. The van der Waals surface area contributed by atoms with Crippen LogP contribution in [0.4, 0.5) is 0 Å². The predicted molar refractivity (Wildman–Crippen MR) is 93.5 cm³/mol. The standard InChI is InChI=1S/C18H23N3OS/c1-12-5-7-14(8-6-12)16(19)18(22)21-9-3-4-15(10-21)17-20-13(2)11-23-17/h5-8,11,15-16H,3-4,9-10,19H2,1-2H3. The minimum atomic E-state index is -0.576. The zero-order valence-corrected chi connectivity index (χ0v) is 14.5. The Labute approximate surface area is 141 Å².